The second-order valence-electron chi connectivity index (χ2n) is 7.05. The van der Waals surface area contributed by atoms with E-state index in [-0.39, 0.29) is 36.6 Å². The maximum Gasteiger partial charge on any atom is 0.254 e. The van der Waals surface area contributed by atoms with Crippen LogP contribution in [0.4, 0.5) is 0 Å². The van der Waals surface area contributed by atoms with Crippen molar-refractivity contribution in [2.45, 2.75) is 12.8 Å². The van der Waals surface area contributed by atoms with Crippen LogP contribution in [0.25, 0.3) is 10.9 Å². The van der Waals surface area contributed by atoms with Crippen molar-refractivity contribution in [3.05, 3.63) is 77.5 Å². The highest BCUT2D eigenvalue weighted by Crippen LogP contribution is 2.33. The quantitative estimate of drug-likeness (QED) is 0.694. The number of rotatable bonds is 3. The Morgan fingerprint density at radius 2 is 1.75 bits per heavy atom. The normalized spacial score (nSPS) is 18.4. The number of hydrogen-bond acceptors (Lipinski definition) is 3. The van der Waals surface area contributed by atoms with E-state index < -0.39 is 0 Å². The van der Waals surface area contributed by atoms with E-state index >= 15 is 0 Å². The highest BCUT2D eigenvalue weighted by Gasteiger charge is 2.36. The van der Waals surface area contributed by atoms with Crippen LogP contribution in [-0.4, -0.2) is 35.4 Å². The number of aryl methyl sites for hydroxylation is 1. The van der Waals surface area contributed by atoms with Gasteiger partial charge in [-0.25, -0.2) is 0 Å². The largest absolute Gasteiger partial charge is 0.338 e. The number of nitrogens with zero attached hydrogens (tertiary/aromatic N) is 2. The van der Waals surface area contributed by atoms with Gasteiger partial charge in [0.05, 0.1) is 11.1 Å². The number of nitrogens with two attached hydrogens (primary N) is 1. The van der Waals surface area contributed by atoms with Crippen LogP contribution in [0.3, 0.4) is 0 Å². The van der Waals surface area contributed by atoms with Crippen molar-refractivity contribution in [3.63, 3.8) is 0 Å². The Bertz CT molecular complexity index is 949. The summed E-state index contributed by atoms with van der Waals surface area (Å²) in [6.45, 7) is 3.92. The molecule has 4 rings (SSSR count). The van der Waals surface area contributed by atoms with Crippen LogP contribution in [0.2, 0.25) is 0 Å². The van der Waals surface area contributed by atoms with Crippen molar-refractivity contribution in [2.24, 2.45) is 11.7 Å². The van der Waals surface area contributed by atoms with Gasteiger partial charge in [-0.1, -0.05) is 48.5 Å². The first-order valence-corrected chi connectivity index (χ1v) is 9.08. The molecule has 0 saturated carbocycles. The molecule has 1 aliphatic rings. The molecule has 0 radical (unpaired) electrons. The number of likely N-dealkylation sites (tertiary alicyclic amines) is 1. The van der Waals surface area contributed by atoms with Gasteiger partial charge < -0.3 is 10.6 Å². The van der Waals surface area contributed by atoms with E-state index in [1.165, 1.54) is 5.56 Å². The third-order valence-electron chi connectivity index (χ3n) is 5.33. The number of amides is 1. The Labute approximate surface area is 178 Å². The fraction of sp³-hybridized carbons (Fsp3) is 0.273. The molecular formula is C22H25Cl2N3O. The minimum Gasteiger partial charge on any atom is -0.338 e. The summed E-state index contributed by atoms with van der Waals surface area (Å²) in [7, 11) is 0. The third kappa shape index (κ3) is 4.14. The Hall–Kier alpha value is -2.14. The van der Waals surface area contributed by atoms with Crippen LogP contribution >= 0.6 is 24.8 Å². The van der Waals surface area contributed by atoms with Gasteiger partial charge in [0.25, 0.3) is 5.91 Å². The SMILES string of the molecule is Cc1cc(C(=O)N2C[C@@H](CN)[C@H](c3ccccc3)C2)c2ccccc2n1.Cl.Cl. The van der Waals surface area contributed by atoms with E-state index in [2.05, 4.69) is 17.1 Å². The first-order valence-electron chi connectivity index (χ1n) is 9.08. The van der Waals surface area contributed by atoms with Gasteiger partial charge in [-0.2, -0.15) is 0 Å². The van der Waals surface area contributed by atoms with Gasteiger partial charge in [0.15, 0.2) is 0 Å². The molecule has 148 valence electrons. The highest BCUT2D eigenvalue weighted by molar-refractivity contribution is 6.06. The molecule has 2 aromatic carbocycles. The van der Waals surface area contributed by atoms with Gasteiger partial charge in [-0.3, -0.25) is 9.78 Å². The zero-order valence-electron chi connectivity index (χ0n) is 15.7. The van der Waals surface area contributed by atoms with Crippen LogP contribution in [0, 0.1) is 12.8 Å². The molecule has 6 heteroatoms. The standard InChI is InChI=1S/C22H23N3O.2ClH/c1-15-11-19(18-9-5-6-10-21(18)24-15)22(26)25-13-17(12-23)20(14-25)16-7-3-2-4-8-16;;/h2-11,17,20H,12-14,23H2,1H3;2*1H/t17-,20+;;/m1../s1. The zero-order valence-corrected chi connectivity index (χ0v) is 17.4. The first-order chi connectivity index (χ1) is 12.7. The summed E-state index contributed by atoms with van der Waals surface area (Å²) in [5.41, 5.74) is 9.75. The number of halogens is 2. The fourth-order valence-corrected chi connectivity index (χ4v) is 4.01. The summed E-state index contributed by atoms with van der Waals surface area (Å²) in [4.78, 5) is 19.8. The van der Waals surface area contributed by atoms with Crippen molar-refractivity contribution in [1.29, 1.82) is 0 Å². The summed E-state index contributed by atoms with van der Waals surface area (Å²) >= 11 is 0. The van der Waals surface area contributed by atoms with Crippen molar-refractivity contribution in [2.75, 3.05) is 19.6 Å². The number of aromatic nitrogens is 1. The number of pyridine rings is 1. The molecular weight excluding hydrogens is 393 g/mol. The minimum absolute atomic E-state index is 0. The molecule has 0 spiro atoms. The number of fused-ring (bicyclic) bond motifs is 1. The monoisotopic (exact) mass is 417 g/mol. The number of benzene rings is 2. The van der Waals surface area contributed by atoms with Crippen LogP contribution < -0.4 is 5.73 Å². The summed E-state index contributed by atoms with van der Waals surface area (Å²) in [6, 6.07) is 20.1. The molecule has 1 aromatic heterocycles. The minimum atomic E-state index is 0. The molecule has 1 aliphatic heterocycles. The van der Waals surface area contributed by atoms with E-state index in [4.69, 9.17) is 5.73 Å². The lowest BCUT2D eigenvalue weighted by molar-refractivity contribution is 0.0788. The molecule has 1 fully saturated rings. The summed E-state index contributed by atoms with van der Waals surface area (Å²) in [5.74, 6) is 0.651. The van der Waals surface area contributed by atoms with Crippen LogP contribution in [0.15, 0.2) is 60.7 Å². The van der Waals surface area contributed by atoms with E-state index in [1.807, 2.05) is 60.4 Å². The molecule has 3 aromatic rings. The second kappa shape index (κ2) is 9.37. The van der Waals surface area contributed by atoms with E-state index in [0.717, 1.165) is 22.2 Å². The fourth-order valence-electron chi connectivity index (χ4n) is 4.01. The average Bonchev–Trinajstić information content (AvgIpc) is 3.12. The average molecular weight is 418 g/mol. The van der Waals surface area contributed by atoms with Gasteiger partial charge in [-0.05, 0) is 37.1 Å². The second-order valence-corrected chi connectivity index (χ2v) is 7.05. The van der Waals surface area contributed by atoms with Gasteiger partial charge in [0.1, 0.15) is 0 Å². The first kappa shape index (κ1) is 22.2. The lowest BCUT2D eigenvalue weighted by Crippen LogP contribution is -2.30. The van der Waals surface area contributed by atoms with E-state index in [0.29, 0.717) is 25.6 Å². The summed E-state index contributed by atoms with van der Waals surface area (Å²) in [6.07, 6.45) is 0. The smallest absolute Gasteiger partial charge is 0.254 e. The molecule has 1 amide bonds. The molecule has 4 nitrogen and oxygen atoms in total. The van der Waals surface area contributed by atoms with Crippen molar-refractivity contribution in [1.82, 2.24) is 9.88 Å². The number of carbonyl (C=O) groups excluding carboxylic acids is 1. The Kier molecular flexibility index (Phi) is 7.41. The van der Waals surface area contributed by atoms with Crippen molar-refractivity contribution >= 4 is 41.6 Å². The van der Waals surface area contributed by atoms with Gasteiger partial charge in [0, 0.05) is 30.1 Å². The van der Waals surface area contributed by atoms with E-state index in [9.17, 15) is 4.79 Å². The molecule has 2 N–H and O–H groups in total. The molecule has 1 saturated heterocycles. The van der Waals surface area contributed by atoms with Gasteiger partial charge in [0.2, 0.25) is 0 Å². The third-order valence-corrected chi connectivity index (χ3v) is 5.33. The van der Waals surface area contributed by atoms with E-state index in [1.54, 1.807) is 0 Å². The Morgan fingerprint density at radius 1 is 1.07 bits per heavy atom. The number of para-hydroxylation sites is 1. The number of hydrogen-bond donors (Lipinski definition) is 1. The van der Waals surface area contributed by atoms with Crippen molar-refractivity contribution in [3.8, 4) is 0 Å². The Balaban J connectivity index is 0.00000140. The predicted molar refractivity (Wildman–Crippen MR) is 119 cm³/mol. The maximum absolute atomic E-state index is 13.3. The Morgan fingerprint density at radius 3 is 2.46 bits per heavy atom. The summed E-state index contributed by atoms with van der Waals surface area (Å²) < 4.78 is 0. The highest BCUT2D eigenvalue weighted by atomic mass is 35.5. The molecule has 28 heavy (non-hydrogen) atoms. The van der Waals surface area contributed by atoms with Crippen molar-refractivity contribution < 1.29 is 4.79 Å². The molecule has 0 aliphatic carbocycles. The lowest BCUT2D eigenvalue weighted by atomic mass is 9.89. The topological polar surface area (TPSA) is 59.2 Å². The van der Waals surface area contributed by atoms with Gasteiger partial charge in [-0.15, -0.1) is 24.8 Å². The molecule has 0 bridgehead atoms. The predicted octanol–water partition coefficient (Wildman–Crippen LogP) is 4.20. The molecule has 2 heterocycles. The van der Waals surface area contributed by atoms with Gasteiger partial charge >= 0.3 is 0 Å². The van der Waals surface area contributed by atoms with Crippen LogP contribution in [-0.2, 0) is 0 Å². The van der Waals surface area contributed by atoms with Crippen LogP contribution in [0.5, 0.6) is 0 Å². The molecule has 2 atom stereocenters. The van der Waals surface area contributed by atoms with Crippen LogP contribution in [0.1, 0.15) is 27.5 Å². The summed E-state index contributed by atoms with van der Waals surface area (Å²) in [5, 5.41) is 0.913. The number of carbonyl (C=O) groups is 1. The lowest BCUT2D eigenvalue weighted by Gasteiger charge is -2.18. The zero-order chi connectivity index (χ0) is 18.1. The molecule has 0 unspecified atom stereocenters. The maximum atomic E-state index is 13.3.